The van der Waals surface area contributed by atoms with Gasteiger partial charge in [-0.1, -0.05) is 34.8 Å². The number of benzene rings is 1. The predicted molar refractivity (Wildman–Crippen MR) is 55.9 cm³/mol. The van der Waals surface area contributed by atoms with E-state index in [9.17, 15) is 4.21 Å². The van der Waals surface area contributed by atoms with E-state index in [0.29, 0.717) is 5.02 Å². The lowest BCUT2D eigenvalue weighted by Gasteiger charge is -2.06. The Morgan fingerprint density at radius 1 is 1.23 bits per heavy atom. The monoisotopic (exact) mass is 259 g/mol. The molecule has 2 N–H and O–H groups in total. The molecule has 0 heterocycles. The number of anilines is 1. The van der Waals surface area contributed by atoms with Gasteiger partial charge in [-0.3, -0.25) is 9.27 Å². The fraction of sp³-hybridized carbons (Fsp3) is 0. The lowest BCUT2D eigenvalue weighted by atomic mass is 10.3. The average Bonchev–Trinajstić information content (AvgIpc) is 1.96. The van der Waals surface area contributed by atoms with Gasteiger partial charge in [0.15, 0.2) is 0 Å². The van der Waals surface area contributed by atoms with Gasteiger partial charge in [-0.2, -0.15) is 0 Å². The Balaban J connectivity index is 3.13. The number of rotatable bonds is 2. The van der Waals surface area contributed by atoms with E-state index in [1.165, 1.54) is 12.1 Å². The van der Waals surface area contributed by atoms with Gasteiger partial charge in [-0.05, 0) is 12.1 Å². The van der Waals surface area contributed by atoms with Crippen molar-refractivity contribution in [3.63, 3.8) is 0 Å². The summed E-state index contributed by atoms with van der Waals surface area (Å²) >= 11 is 14.8. The summed E-state index contributed by atoms with van der Waals surface area (Å²) in [5, 5.41) is 0.754. The van der Waals surface area contributed by atoms with E-state index in [2.05, 4.69) is 4.72 Å². The van der Waals surface area contributed by atoms with Gasteiger partial charge in [0, 0.05) is 5.02 Å². The Bertz CT molecular complexity index is 335. The quantitative estimate of drug-likeness (QED) is 0.802. The van der Waals surface area contributed by atoms with Crippen molar-refractivity contribution in [3.8, 4) is 0 Å². The number of nitrogens with one attached hydrogen (secondary N) is 1. The molecule has 1 atom stereocenters. The lowest BCUT2D eigenvalue weighted by molar-refractivity contribution is 0.570. The summed E-state index contributed by atoms with van der Waals surface area (Å²) in [7, 11) is 0. The second-order valence-corrected chi connectivity index (χ2v) is 4.05. The summed E-state index contributed by atoms with van der Waals surface area (Å²) in [6, 6.07) is 2.84. The summed E-state index contributed by atoms with van der Waals surface area (Å²) in [6.07, 6.45) is 0. The average molecular weight is 261 g/mol. The molecule has 3 nitrogen and oxygen atoms in total. The van der Waals surface area contributed by atoms with Crippen LogP contribution in [0.1, 0.15) is 0 Å². The molecular weight excluding hydrogens is 256 g/mol. The van der Waals surface area contributed by atoms with E-state index in [4.69, 9.17) is 39.4 Å². The SMILES string of the molecule is O=S(O)Nc1c(Cl)cc(Cl)cc1Cl. The van der Waals surface area contributed by atoms with Crippen molar-refractivity contribution >= 4 is 51.8 Å². The molecule has 0 saturated carbocycles. The molecule has 1 rings (SSSR count). The van der Waals surface area contributed by atoms with Crippen LogP contribution < -0.4 is 4.72 Å². The van der Waals surface area contributed by atoms with Crippen molar-refractivity contribution in [2.24, 2.45) is 0 Å². The third-order valence-electron chi connectivity index (χ3n) is 1.20. The minimum atomic E-state index is -2.21. The number of hydrogen-bond donors (Lipinski definition) is 2. The van der Waals surface area contributed by atoms with Crippen LogP contribution in [0.15, 0.2) is 12.1 Å². The first-order chi connectivity index (χ1) is 6.00. The zero-order valence-corrected chi connectivity index (χ0v) is 9.14. The molecule has 72 valence electrons. The minimum absolute atomic E-state index is 0.188. The first-order valence-electron chi connectivity index (χ1n) is 3.03. The third-order valence-corrected chi connectivity index (χ3v) is 2.39. The molecule has 0 bridgehead atoms. The van der Waals surface area contributed by atoms with Crippen LogP contribution in [0.3, 0.4) is 0 Å². The van der Waals surface area contributed by atoms with Crippen LogP contribution in [-0.4, -0.2) is 8.76 Å². The zero-order valence-electron chi connectivity index (χ0n) is 6.05. The van der Waals surface area contributed by atoms with E-state index >= 15 is 0 Å². The molecular formula is C6H4Cl3NO2S. The van der Waals surface area contributed by atoms with Crippen molar-refractivity contribution in [2.45, 2.75) is 0 Å². The molecule has 1 aromatic carbocycles. The highest BCUT2D eigenvalue weighted by molar-refractivity contribution is 7.80. The van der Waals surface area contributed by atoms with Crippen molar-refractivity contribution in [3.05, 3.63) is 27.2 Å². The van der Waals surface area contributed by atoms with Crippen molar-refractivity contribution in [2.75, 3.05) is 4.72 Å². The first-order valence-corrected chi connectivity index (χ1v) is 5.27. The van der Waals surface area contributed by atoms with Crippen LogP contribution in [0.2, 0.25) is 15.1 Å². The zero-order chi connectivity index (χ0) is 10.0. The lowest BCUT2D eigenvalue weighted by Crippen LogP contribution is -2.02. The molecule has 1 unspecified atom stereocenters. The normalized spacial score (nSPS) is 12.6. The van der Waals surface area contributed by atoms with Crippen LogP contribution in [-0.2, 0) is 11.3 Å². The molecule has 1 aromatic rings. The molecule has 0 spiro atoms. The summed E-state index contributed by atoms with van der Waals surface area (Å²) in [4.78, 5) is 0. The standard InChI is InChI=1S/C6H4Cl3NO2S/c7-3-1-4(8)6(5(9)2-3)10-13(11)12/h1-2,10H,(H,11,12). The molecule has 0 aliphatic carbocycles. The van der Waals surface area contributed by atoms with E-state index < -0.39 is 11.3 Å². The van der Waals surface area contributed by atoms with E-state index in [1.807, 2.05) is 0 Å². The van der Waals surface area contributed by atoms with Crippen molar-refractivity contribution in [1.82, 2.24) is 0 Å². The molecule has 0 aliphatic heterocycles. The fourth-order valence-corrected chi connectivity index (χ4v) is 2.15. The second kappa shape index (κ2) is 4.48. The summed E-state index contributed by atoms with van der Waals surface area (Å²) in [5.41, 5.74) is 0.188. The maximum atomic E-state index is 10.4. The molecule has 0 radical (unpaired) electrons. The van der Waals surface area contributed by atoms with Crippen LogP contribution in [0.4, 0.5) is 5.69 Å². The van der Waals surface area contributed by atoms with Gasteiger partial charge in [0.25, 0.3) is 11.3 Å². The van der Waals surface area contributed by atoms with Gasteiger partial charge in [0.2, 0.25) is 0 Å². The highest BCUT2D eigenvalue weighted by Gasteiger charge is 2.08. The Hall–Kier alpha value is -0.000000000000000167. The summed E-state index contributed by atoms with van der Waals surface area (Å²) in [5.74, 6) is 0. The Kier molecular flexibility index (Phi) is 3.82. The molecule has 0 amide bonds. The number of hydrogen-bond acceptors (Lipinski definition) is 1. The van der Waals surface area contributed by atoms with E-state index in [1.54, 1.807) is 0 Å². The van der Waals surface area contributed by atoms with Crippen LogP contribution in [0.5, 0.6) is 0 Å². The second-order valence-electron chi connectivity index (χ2n) is 2.10. The van der Waals surface area contributed by atoms with Gasteiger partial charge < -0.3 is 0 Å². The first kappa shape index (κ1) is 11.1. The minimum Gasteiger partial charge on any atom is -0.289 e. The van der Waals surface area contributed by atoms with Crippen molar-refractivity contribution in [1.29, 1.82) is 0 Å². The summed E-state index contributed by atoms with van der Waals surface area (Å²) < 4.78 is 21.1. The largest absolute Gasteiger partial charge is 0.289 e. The molecule has 0 aliphatic rings. The van der Waals surface area contributed by atoms with Gasteiger partial charge in [-0.15, -0.1) is 0 Å². The summed E-state index contributed by atoms with van der Waals surface area (Å²) in [6.45, 7) is 0. The van der Waals surface area contributed by atoms with Gasteiger partial charge in [0.1, 0.15) is 0 Å². The smallest absolute Gasteiger partial charge is 0.259 e. The Morgan fingerprint density at radius 2 is 1.69 bits per heavy atom. The third kappa shape index (κ3) is 3.00. The molecule has 13 heavy (non-hydrogen) atoms. The Labute approximate surface area is 92.4 Å². The molecule has 0 saturated heterocycles. The van der Waals surface area contributed by atoms with Crippen LogP contribution in [0, 0.1) is 0 Å². The van der Waals surface area contributed by atoms with Gasteiger partial charge >= 0.3 is 0 Å². The number of halogens is 3. The fourth-order valence-electron chi connectivity index (χ4n) is 0.727. The van der Waals surface area contributed by atoms with Crippen LogP contribution >= 0.6 is 34.8 Å². The predicted octanol–water partition coefficient (Wildman–Crippen LogP) is 3.20. The van der Waals surface area contributed by atoms with Gasteiger partial charge in [0.05, 0.1) is 15.7 Å². The van der Waals surface area contributed by atoms with E-state index in [0.717, 1.165) is 0 Å². The van der Waals surface area contributed by atoms with Gasteiger partial charge in [-0.25, -0.2) is 4.21 Å². The molecule has 0 fully saturated rings. The van der Waals surface area contributed by atoms with Crippen LogP contribution in [0.25, 0.3) is 0 Å². The molecule has 0 aromatic heterocycles. The Morgan fingerprint density at radius 3 is 2.08 bits per heavy atom. The topological polar surface area (TPSA) is 49.3 Å². The van der Waals surface area contributed by atoms with Crippen molar-refractivity contribution < 1.29 is 8.76 Å². The van der Waals surface area contributed by atoms with E-state index in [-0.39, 0.29) is 15.7 Å². The maximum absolute atomic E-state index is 10.4. The highest BCUT2D eigenvalue weighted by atomic mass is 35.5. The molecule has 7 heteroatoms. The highest BCUT2D eigenvalue weighted by Crippen LogP contribution is 2.33. The maximum Gasteiger partial charge on any atom is 0.259 e.